The summed E-state index contributed by atoms with van der Waals surface area (Å²) < 4.78 is 31.5. The van der Waals surface area contributed by atoms with Crippen LogP contribution in [0.5, 0.6) is 0 Å². The quantitative estimate of drug-likeness (QED) is 0.391. The first kappa shape index (κ1) is 23.3. The number of hydrogen-bond donors (Lipinski definition) is 1. The number of sulfone groups is 1. The number of hydrogen-bond acceptors (Lipinski definition) is 6. The van der Waals surface area contributed by atoms with Gasteiger partial charge >= 0.3 is 0 Å². The molecule has 1 N–H and O–H groups in total. The third kappa shape index (κ3) is 4.73. The zero-order valence-electron chi connectivity index (χ0n) is 19.8. The van der Waals surface area contributed by atoms with Crippen LogP contribution in [-0.2, 0) is 16.3 Å². The lowest BCUT2D eigenvalue weighted by atomic mass is 10.1. The molecule has 35 heavy (non-hydrogen) atoms. The predicted octanol–water partition coefficient (Wildman–Crippen LogP) is 4.95. The number of benzene rings is 1. The summed E-state index contributed by atoms with van der Waals surface area (Å²) in [6.07, 6.45) is 5.29. The van der Waals surface area contributed by atoms with Gasteiger partial charge in [-0.1, -0.05) is 25.5 Å². The molecule has 1 fully saturated rings. The van der Waals surface area contributed by atoms with E-state index in [0.29, 0.717) is 45.9 Å². The van der Waals surface area contributed by atoms with Crippen LogP contribution in [0.15, 0.2) is 53.1 Å². The highest BCUT2D eigenvalue weighted by Crippen LogP contribution is 2.32. The van der Waals surface area contributed by atoms with Crippen LogP contribution in [0.2, 0.25) is 0 Å². The molecule has 0 aliphatic carbocycles. The lowest BCUT2D eigenvalue weighted by Crippen LogP contribution is -2.15. The topological polar surface area (TPSA) is 107 Å². The van der Waals surface area contributed by atoms with Gasteiger partial charge in [0.15, 0.2) is 21.2 Å². The molecule has 4 heterocycles. The van der Waals surface area contributed by atoms with Gasteiger partial charge in [0.2, 0.25) is 0 Å². The molecule has 0 bridgehead atoms. The summed E-state index contributed by atoms with van der Waals surface area (Å²) in [5.41, 5.74) is 3.96. The van der Waals surface area contributed by atoms with Crippen LogP contribution in [-0.4, -0.2) is 40.6 Å². The summed E-state index contributed by atoms with van der Waals surface area (Å²) in [5.74, 6) is 0.373. The second kappa shape index (κ2) is 9.30. The van der Waals surface area contributed by atoms with Gasteiger partial charge in [0, 0.05) is 5.69 Å². The standard InChI is InChI=1S/C26H28N4O4S/c1-3-4-6-18-8-10-19(11-9-18)27-26(31)21-15-22(23-7-5-13-34-23)28-25-24(21)17(2)29-30(25)20-12-14-35(32,33)16-20/h5,7-11,13,15,20H,3-4,6,12,14,16H2,1-2H3,(H,27,31)/t20-/m1/s1. The molecule has 182 valence electrons. The summed E-state index contributed by atoms with van der Waals surface area (Å²) in [5, 5.41) is 8.24. The van der Waals surface area contributed by atoms with Gasteiger partial charge in [-0.15, -0.1) is 0 Å². The van der Waals surface area contributed by atoms with E-state index in [2.05, 4.69) is 17.3 Å². The minimum Gasteiger partial charge on any atom is -0.463 e. The van der Waals surface area contributed by atoms with E-state index in [1.165, 1.54) is 5.56 Å². The summed E-state index contributed by atoms with van der Waals surface area (Å²) in [7, 11) is -3.12. The highest BCUT2D eigenvalue weighted by Gasteiger charge is 2.32. The zero-order valence-corrected chi connectivity index (χ0v) is 20.6. The van der Waals surface area contributed by atoms with Crippen LogP contribution in [0.25, 0.3) is 22.5 Å². The number of pyridine rings is 1. The molecular weight excluding hydrogens is 464 g/mol. The zero-order chi connectivity index (χ0) is 24.6. The van der Waals surface area contributed by atoms with Crippen LogP contribution in [0.4, 0.5) is 5.69 Å². The molecule has 0 radical (unpaired) electrons. The number of unbranched alkanes of at least 4 members (excludes halogenated alkanes) is 1. The third-order valence-electron chi connectivity index (χ3n) is 6.44. The molecule has 0 unspecified atom stereocenters. The summed E-state index contributed by atoms with van der Waals surface area (Å²) in [4.78, 5) is 18.2. The summed E-state index contributed by atoms with van der Waals surface area (Å²) in [6.45, 7) is 3.98. The van der Waals surface area contributed by atoms with Crippen molar-refractivity contribution in [2.24, 2.45) is 0 Å². The fraction of sp³-hybridized carbons (Fsp3) is 0.346. The lowest BCUT2D eigenvalue weighted by Gasteiger charge is -2.12. The normalized spacial score (nSPS) is 17.1. The Hall–Kier alpha value is -3.46. The molecule has 1 amide bonds. The largest absolute Gasteiger partial charge is 0.463 e. The third-order valence-corrected chi connectivity index (χ3v) is 8.19. The van der Waals surface area contributed by atoms with Gasteiger partial charge in [-0.2, -0.15) is 5.10 Å². The number of amides is 1. The second-order valence-corrected chi connectivity index (χ2v) is 11.3. The fourth-order valence-electron chi connectivity index (χ4n) is 4.60. The number of rotatable bonds is 7. The molecule has 8 nitrogen and oxygen atoms in total. The fourth-order valence-corrected chi connectivity index (χ4v) is 6.29. The number of fused-ring (bicyclic) bond motifs is 1. The smallest absolute Gasteiger partial charge is 0.256 e. The van der Waals surface area contributed by atoms with Gasteiger partial charge in [0.05, 0.1) is 40.5 Å². The van der Waals surface area contributed by atoms with E-state index in [1.807, 2.05) is 31.2 Å². The second-order valence-electron chi connectivity index (χ2n) is 9.07. The molecule has 5 rings (SSSR count). The van der Waals surface area contributed by atoms with Gasteiger partial charge in [0.1, 0.15) is 5.69 Å². The molecule has 9 heteroatoms. The SMILES string of the molecule is CCCCc1ccc(NC(=O)c2cc(-c3ccco3)nc3c2c(C)nn3[C@@H]2CCS(=O)(=O)C2)cc1. The Morgan fingerprint density at radius 3 is 2.69 bits per heavy atom. The summed E-state index contributed by atoms with van der Waals surface area (Å²) >= 11 is 0. The van der Waals surface area contributed by atoms with E-state index in [1.54, 1.807) is 29.1 Å². The van der Waals surface area contributed by atoms with Crippen molar-refractivity contribution in [3.63, 3.8) is 0 Å². The lowest BCUT2D eigenvalue weighted by molar-refractivity contribution is 0.102. The Morgan fingerprint density at radius 1 is 1.23 bits per heavy atom. The van der Waals surface area contributed by atoms with Gasteiger partial charge in [-0.3, -0.25) is 4.79 Å². The van der Waals surface area contributed by atoms with Crippen molar-refractivity contribution in [2.45, 2.75) is 45.6 Å². The van der Waals surface area contributed by atoms with Crippen molar-refractivity contribution in [1.29, 1.82) is 0 Å². The molecule has 1 aliphatic heterocycles. The number of carbonyl (C=O) groups is 1. The van der Waals surface area contributed by atoms with E-state index >= 15 is 0 Å². The number of furan rings is 1. The molecular formula is C26H28N4O4S. The van der Waals surface area contributed by atoms with E-state index in [0.717, 1.165) is 19.3 Å². The Morgan fingerprint density at radius 2 is 2.03 bits per heavy atom. The maximum Gasteiger partial charge on any atom is 0.256 e. The number of aromatic nitrogens is 3. The molecule has 1 aromatic carbocycles. The van der Waals surface area contributed by atoms with Crippen molar-refractivity contribution >= 4 is 32.5 Å². The molecule has 4 aromatic rings. The maximum atomic E-state index is 13.5. The van der Waals surface area contributed by atoms with Gasteiger partial charge < -0.3 is 9.73 Å². The minimum atomic E-state index is -3.12. The Kier molecular flexibility index (Phi) is 6.19. The van der Waals surface area contributed by atoms with Gasteiger partial charge in [-0.25, -0.2) is 18.1 Å². The van der Waals surface area contributed by atoms with Crippen LogP contribution in [0.1, 0.15) is 53.8 Å². The first-order valence-corrected chi connectivity index (χ1v) is 13.7. The first-order chi connectivity index (χ1) is 16.8. The highest BCUT2D eigenvalue weighted by atomic mass is 32.2. The Bertz CT molecular complexity index is 1470. The van der Waals surface area contributed by atoms with Crippen LogP contribution < -0.4 is 5.32 Å². The van der Waals surface area contributed by atoms with E-state index in [9.17, 15) is 13.2 Å². The van der Waals surface area contributed by atoms with Crippen molar-refractivity contribution < 1.29 is 17.6 Å². The number of anilines is 1. The maximum absolute atomic E-state index is 13.5. The van der Waals surface area contributed by atoms with Crippen molar-refractivity contribution in [3.8, 4) is 11.5 Å². The molecule has 1 saturated heterocycles. The first-order valence-electron chi connectivity index (χ1n) is 11.9. The van der Waals surface area contributed by atoms with Crippen LogP contribution in [0, 0.1) is 6.92 Å². The number of aryl methyl sites for hydroxylation is 2. The van der Waals surface area contributed by atoms with Crippen LogP contribution in [0.3, 0.4) is 0 Å². The van der Waals surface area contributed by atoms with Gasteiger partial charge in [-0.05, 0) is 62.1 Å². The molecule has 0 spiro atoms. The van der Waals surface area contributed by atoms with Crippen molar-refractivity contribution in [3.05, 3.63) is 65.5 Å². The van der Waals surface area contributed by atoms with Crippen LogP contribution >= 0.6 is 0 Å². The van der Waals surface area contributed by atoms with E-state index in [-0.39, 0.29) is 23.5 Å². The predicted molar refractivity (Wildman–Crippen MR) is 135 cm³/mol. The Labute approximate surface area is 204 Å². The number of carbonyl (C=O) groups excluding carboxylic acids is 1. The van der Waals surface area contributed by atoms with Crippen molar-refractivity contribution in [1.82, 2.24) is 14.8 Å². The number of nitrogens with zero attached hydrogens (tertiary/aromatic N) is 3. The van der Waals surface area contributed by atoms with E-state index in [4.69, 9.17) is 9.40 Å². The highest BCUT2D eigenvalue weighted by molar-refractivity contribution is 7.91. The average molecular weight is 493 g/mol. The molecule has 1 atom stereocenters. The van der Waals surface area contributed by atoms with E-state index < -0.39 is 9.84 Å². The van der Waals surface area contributed by atoms with Crippen molar-refractivity contribution in [2.75, 3.05) is 16.8 Å². The molecule has 0 saturated carbocycles. The molecule has 1 aliphatic rings. The minimum absolute atomic E-state index is 0.0157. The molecule has 3 aromatic heterocycles. The van der Waals surface area contributed by atoms with Gasteiger partial charge in [0.25, 0.3) is 5.91 Å². The number of nitrogens with one attached hydrogen (secondary N) is 1. The monoisotopic (exact) mass is 492 g/mol. The average Bonchev–Trinajstić information content (AvgIpc) is 3.57. The Balaban J connectivity index is 1.55. The summed E-state index contributed by atoms with van der Waals surface area (Å²) in [6, 6.07) is 12.8.